The molecule has 0 radical (unpaired) electrons. The molecule has 0 bridgehead atoms. The van der Waals surface area contributed by atoms with Crippen molar-refractivity contribution in [1.82, 2.24) is 10.6 Å². The number of cyclic esters (lactones) is 1. The van der Waals surface area contributed by atoms with Gasteiger partial charge in [0.2, 0.25) is 12.5 Å². The van der Waals surface area contributed by atoms with Crippen LogP contribution in [0, 0.1) is 11.8 Å². The second-order valence-corrected chi connectivity index (χ2v) is 8.44. The van der Waals surface area contributed by atoms with Crippen molar-refractivity contribution in [3.63, 3.8) is 0 Å². The highest BCUT2D eigenvalue weighted by Gasteiger charge is 2.52. The van der Waals surface area contributed by atoms with E-state index in [0.717, 1.165) is 29.8 Å². The molecular weight excluding hydrogens is 428 g/mol. The Morgan fingerprint density at radius 1 is 1.00 bits per heavy atom. The number of nitrogens with one attached hydrogen (secondary N) is 2. The summed E-state index contributed by atoms with van der Waals surface area (Å²) >= 11 is 0. The minimum atomic E-state index is -0.413. The number of hydrogen-bond donors (Lipinski definition) is 3. The normalized spacial score (nSPS) is 24.8. The minimum Gasteiger partial charge on any atom is -0.502 e. The molecular formula is C24H28N2O7. The van der Waals surface area contributed by atoms with Crippen molar-refractivity contribution < 1.29 is 33.6 Å². The van der Waals surface area contributed by atoms with Crippen LogP contribution >= 0.6 is 0 Å². The van der Waals surface area contributed by atoms with Gasteiger partial charge in [0.15, 0.2) is 23.0 Å². The minimum absolute atomic E-state index is 0.0713. The van der Waals surface area contributed by atoms with Crippen molar-refractivity contribution in [1.29, 1.82) is 0 Å². The summed E-state index contributed by atoms with van der Waals surface area (Å²) in [6.45, 7) is 2.02. The van der Waals surface area contributed by atoms with Crippen molar-refractivity contribution in [2.24, 2.45) is 11.8 Å². The number of aromatic hydroxyl groups is 1. The van der Waals surface area contributed by atoms with Crippen LogP contribution in [0.25, 0.3) is 0 Å². The molecule has 9 heteroatoms. The van der Waals surface area contributed by atoms with Crippen LogP contribution in [0.3, 0.4) is 0 Å². The summed E-state index contributed by atoms with van der Waals surface area (Å²) < 4.78 is 27.7. The number of phenols is 1. The van der Waals surface area contributed by atoms with Crippen LogP contribution in [-0.4, -0.2) is 58.8 Å². The van der Waals surface area contributed by atoms with E-state index >= 15 is 0 Å². The van der Waals surface area contributed by atoms with Crippen LogP contribution in [0.5, 0.6) is 28.7 Å². The average Bonchev–Trinajstić information content (AvgIpc) is 3.44. The number of hydrogen-bond acceptors (Lipinski definition) is 9. The lowest BCUT2D eigenvalue weighted by molar-refractivity contribution is -0.141. The van der Waals surface area contributed by atoms with Gasteiger partial charge in [0, 0.05) is 31.0 Å². The number of esters is 1. The van der Waals surface area contributed by atoms with Gasteiger partial charge in [-0.05, 0) is 48.0 Å². The van der Waals surface area contributed by atoms with Gasteiger partial charge in [-0.2, -0.15) is 0 Å². The first-order valence-electron chi connectivity index (χ1n) is 11.0. The van der Waals surface area contributed by atoms with Gasteiger partial charge >= 0.3 is 5.97 Å². The highest BCUT2D eigenvalue weighted by atomic mass is 16.7. The van der Waals surface area contributed by atoms with Crippen LogP contribution in [0.4, 0.5) is 0 Å². The van der Waals surface area contributed by atoms with Gasteiger partial charge in [0.1, 0.15) is 0 Å². The maximum Gasteiger partial charge on any atom is 0.310 e. The molecule has 2 aliphatic heterocycles. The van der Waals surface area contributed by atoms with E-state index in [4.69, 9.17) is 23.7 Å². The second kappa shape index (κ2) is 8.64. The summed E-state index contributed by atoms with van der Waals surface area (Å²) in [5.74, 6) is 0.768. The van der Waals surface area contributed by atoms with Crippen molar-refractivity contribution in [2.45, 2.75) is 12.0 Å². The predicted molar refractivity (Wildman–Crippen MR) is 118 cm³/mol. The average molecular weight is 456 g/mol. The highest BCUT2D eigenvalue weighted by molar-refractivity contribution is 5.79. The summed E-state index contributed by atoms with van der Waals surface area (Å²) in [7, 11) is 4.88. The monoisotopic (exact) mass is 456 g/mol. The number of rotatable bonds is 7. The number of ether oxygens (including phenoxy) is 5. The Morgan fingerprint density at radius 3 is 2.30 bits per heavy atom. The fourth-order valence-electron chi connectivity index (χ4n) is 5.27. The van der Waals surface area contributed by atoms with Crippen LogP contribution in [0.15, 0.2) is 24.3 Å². The van der Waals surface area contributed by atoms with Crippen LogP contribution < -0.4 is 29.6 Å². The molecule has 1 saturated heterocycles. The van der Waals surface area contributed by atoms with Crippen LogP contribution in [0.2, 0.25) is 0 Å². The first kappa shape index (κ1) is 21.7. The molecule has 0 saturated carbocycles. The molecule has 1 aliphatic carbocycles. The van der Waals surface area contributed by atoms with Crippen molar-refractivity contribution in [3.05, 3.63) is 41.0 Å². The third kappa shape index (κ3) is 3.52. The van der Waals surface area contributed by atoms with E-state index < -0.39 is 5.92 Å². The Morgan fingerprint density at radius 2 is 1.67 bits per heavy atom. The standard InChI is InChI=1S/C24H28N2O7/c1-25-4-5-26-22-14-9-17-16(32-11-33-17)8-13(14)20(21-15(22)10-31-24(21)28)12-6-18(29-2)23(27)19(7-12)30-3/h6-9,15,20-22,25-27H,4-5,10-11H2,1-3H3. The maximum atomic E-state index is 13.1. The molecule has 0 aromatic heterocycles. The van der Waals surface area contributed by atoms with E-state index in [1.807, 2.05) is 19.2 Å². The Bertz CT molecular complexity index is 1050. The molecule has 4 atom stereocenters. The van der Waals surface area contributed by atoms with Gasteiger partial charge < -0.3 is 39.4 Å². The second-order valence-electron chi connectivity index (χ2n) is 8.44. The molecule has 0 amide bonds. The van der Waals surface area contributed by atoms with Gasteiger partial charge in [0.05, 0.1) is 26.7 Å². The molecule has 5 rings (SSSR count). The smallest absolute Gasteiger partial charge is 0.310 e. The van der Waals surface area contributed by atoms with Gasteiger partial charge in [-0.25, -0.2) is 0 Å². The molecule has 2 aromatic carbocycles. The van der Waals surface area contributed by atoms with E-state index in [2.05, 4.69) is 10.6 Å². The number of carbonyl (C=O) groups excluding carboxylic acids is 1. The van der Waals surface area contributed by atoms with Crippen molar-refractivity contribution in [2.75, 3.05) is 47.8 Å². The summed E-state index contributed by atoms with van der Waals surface area (Å²) in [6.07, 6.45) is 0. The van der Waals surface area contributed by atoms with Crippen LogP contribution in [-0.2, 0) is 9.53 Å². The van der Waals surface area contributed by atoms with Gasteiger partial charge in [-0.15, -0.1) is 0 Å². The number of likely N-dealkylation sites (N-methyl/N-ethyl adjacent to an activating group) is 1. The van der Waals surface area contributed by atoms with Gasteiger partial charge in [-0.1, -0.05) is 0 Å². The topological polar surface area (TPSA) is 108 Å². The zero-order valence-corrected chi connectivity index (χ0v) is 18.8. The molecule has 176 valence electrons. The molecule has 9 nitrogen and oxygen atoms in total. The number of methoxy groups -OCH3 is 2. The Hall–Kier alpha value is -3.17. The third-order valence-electron chi connectivity index (χ3n) is 6.79. The predicted octanol–water partition coefficient (Wildman–Crippen LogP) is 1.92. The van der Waals surface area contributed by atoms with Gasteiger partial charge in [-0.3, -0.25) is 4.79 Å². The molecule has 2 aromatic rings. The SMILES string of the molecule is CNCCNC1c2cc3c(cc2C(c2cc(OC)c(O)c(OC)c2)C2C(=O)OCC12)OCO3. The zero-order chi connectivity index (χ0) is 23.1. The molecule has 1 fully saturated rings. The highest BCUT2D eigenvalue weighted by Crippen LogP contribution is 2.55. The van der Waals surface area contributed by atoms with Crippen molar-refractivity contribution in [3.8, 4) is 28.7 Å². The molecule has 33 heavy (non-hydrogen) atoms. The summed E-state index contributed by atoms with van der Waals surface area (Å²) in [5, 5.41) is 17.2. The lowest BCUT2D eigenvalue weighted by Gasteiger charge is -2.39. The quantitative estimate of drug-likeness (QED) is 0.425. The van der Waals surface area contributed by atoms with E-state index in [-0.39, 0.29) is 47.9 Å². The first-order chi connectivity index (χ1) is 16.1. The number of carbonyl (C=O) groups is 1. The van der Waals surface area contributed by atoms with E-state index in [1.54, 1.807) is 12.1 Å². The fourth-order valence-corrected chi connectivity index (χ4v) is 5.27. The van der Waals surface area contributed by atoms with Crippen molar-refractivity contribution >= 4 is 5.97 Å². The van der Waals surface area contributed by atoms with Crippen LogP contribution in [0.1, 0.15) is 28.7 Å². The first-order valence-corrected chi connectivity index (χ1v) is 11.0. The van der Waals surface area contributed by atoms with E-state index in [0.29, 0.717) is 18.1 Å². The largest absolute Gasteiger partial charge is 0.502 e. The summed E-state index contributed by atoms with van der Waals surface area (Å²) in [6, 6.07) is 7.40. The zero-order valence-electron chi connectivity index (χ0n) is 18.8. The van der Waals surface area contributed by atoms with E-state index in [1.165, 1.54) is 14.2 Å². The molecule has 0 spiro atoms. The van der Waals surface area contributed by atoms with Gasteiger partial charge in [0.25, 0.3) is 0 Å². The number of fused-ring (bicyclic) bond motifs is 3. The Kier molecular flexibility index (Phi) is 5.67. The fraction of sp³-hybridized carbons (Fsp3) is 0.458. The number of phenolic OH excluding ortho intramolecular Hbond substituents is 1. The lowest BCUT2D eigenvalue weighted by atomic mass is 9.65. The molecule has 4 unspecified atom stereocenters. The third-order valence-corrected chi connectivity index (χ3v) is 6.79. The molecule has 3 N–H and O–H groups in total. The van der Waals surface area contributed by atoms with E-state index in [9.17, 15) is 9.90 Å². The summed E-state index contributed by atoms with van der Waals surface area (Å²) in [5.41, 5.74) is 2.80. The molecule has 3 aliphatic rings. The Balaban J connectivity index is 1.69. The lowest BCUT2D eigenvalue weighted by Crippen LogP contribution is -2.42. The Labute approximate surface area is 191 Å². The summed E-state index contributed by atoms with van der Waals surface area (Å²) in [4.78, 5) is 13.1. The molecule has 2 heterocycles. The number of benzene rings is 2. The maximum absolute atomic E-state index is 13.1.